The van der Waals surface area contributed by atoms with Gasteiger partial charge < -0.3 is 15.1 Å². The van der Waals surface area contributed by atoms with E-state index in [1.165, 1.54) is 0 Å². The third-order valence-electron chi connectivity index (χ3n) is 3.68. The van der Waals surface area contributed by atoms with Gasteiger partial charge in [-0.3, -0.25) is 9.59 Å². The largest absolute Gasteiger partial charge is 0.339 e. The highest BCUT2D eigenvalue weighted by atomic mass is 16.2. The van der Waals surface area contributed by atoms with Gasteiger partial charge in [0.25, 0.3) is 5.91 Å². The second kappa shape index (κ2) is 6.72. The molecule has 1 aliphatic rings. The fourth-order valence-corrected chi connectivity index (χ4v) is 2.51. The second-order valence-corrected chi connectivity index (χ2v) is 5.64. The predicted molar refractivity (Wildman–Crippen MR) is 83.5 cm³/mol. The summed E-state index contributed by atoms with van der Waals surface area (Å²) in [7, 11) is 4.06. The van der Waals surface area contributed by atoms with Gasteiger partial charge in [-0.25, -0.2) is 0 Å². The molecule has 0 saturated carbocycles. The van der Waals surface area contributed by atoms with E-state index in [0.717, 1.165) is 30.8 Å². The van der Waals surface area contributed by atoms with E-state index in [-0.39, 0.29) is 11.8 Å². The summed E-state index contributed by atoms with van der Waals surface area (Å²) < 4.78 is 0. The molecular formula is C16H23N3O2. The van der Waals surface area contributed by atoms with Crippen LogP contribution in [-0.2, 0) is 11.2 Å². The maximum atomic E-state index is 12.5. The molecule has 1 heterocycles. The van der Waals surface area contributed by atoms with Gasteiger partial charge in [-0.05, 0) is 51.7 Å². The van der Waals surface area contributed by atoms with Crippen LogP contribution in [0.3, 0.4) is 0 Å². The summed E-state index contributed by atoms with van der Waals surface area (Å²) in [6.45, 7) is 4.39. The molecule has 0 saturated heterocycles. The van der Waals surface area contributed by atoms with Gasteiger partial charge in [0.05, 0.1) is 6.42 Å². The molecule has 2 amide bonds. The SMILES string of the molecule is CCN(CCCN(C)C)C(=O)c1ccc2c(c1)NC(=O)C2. The van der Waals surface area contributed by atoms with Crippen molar-refractivity contribution in [2.75, 3.05) is 39.0 Å². The Morgan fingerprint density at radius 3 is 2.71 bits per heavy atom. The van der Waals surface area contributed by atoms with Crippen LogP contribution in [0.4, 0.5) is 5.69 Å². The van der Waals surface area contributed by atoms with Gasteiger partial charge in [0, 0.05) is 24.3 Å². The first-order valence-electron chi connectivity index (χ1n) is 7.38. The molecule has 2 rings (SSSR count). The maximum Gasteiger partial charge on any atom is 0.253 e. The average molecular weight is 289 g/mol. The Hall–Kier alpha value is -1.88. The Morgan fingerprint density at radius 1 is 1.29 bits per heavy atom. The summed E-state index contributed by atoms with van der Waals surface area (Å²) in [5.41, 5.74) is 2.38. The van der Waals surface area contributed by atoms with E-state index in [1.54, 1.807) is 6.07 Å². The lowest BCUT2D eigenvalue weighted by molar-refractivity contribution is -0.115. The molecule has 0 aromatic heterocycles. The molecule has 0 fully saturated rings. The molecule has 1 aliphatic heterocycles. The van der Waals surface area contributed by atoms with Gasteiger partial charge in [0.2, 0.25) is 5.91 Å². The standard InChI is InChI=1S/C16H23N3O2/c1-4-19(9-5-8-18(2)3)16(21)13-7-6-12-11-15(20)17-14(12)10-13/h6-7,10H,4-5,8-9,11H2,1-3H3,(H,17,20). The lowest BCUT2D eigenvalue weighted by atomic mass is 10.1. The Bertz CT molecular complexity index is 540. The minimum atomic E-state index is -0.00655. The normalized spacial score (nSPS) is 13.2. The van der Waals surface area contributed by atoms with Gasteiger partial charge in [0.15, 0.2) is 0 Å². The molecular weight excluding hydrogens is 266 g/mol. The number of carbonyl (C=O) groups is 2. The van der Waals surface area contributed by atoms with Crippen molar-refractivity contribution >= 4 is 17.5 Å². The zero-order chi connectivity index (χ0) is 15.4. The van der Waals surface area contributed by atoms with Crippen molar-refractivity contribution in [1.82, 2.24) is 9.80 Å². The second-order valence-electron chi connectivity index (χ2n) is 5.64. The van der Waals surface area contributed by atoms with Crippen LogP contribution in [-0.4, -0.2) is 55.3 Å². The molecule has 0 unspecified atom stereocenters. The highest BCUT2D eigenvalue weighted by molar-refractivity contribution is 6.02. The van der Waals surface area contributed by atoms with E-state index >= 15 is 0 Å². The number of hydrogen-bond acceptors (Lipinski definition) is 3. The Balaban J connectivity index is 2.04. The first-order chi connectivity index (χ1) is 10.0. The molecule has 0 atom stereocenters. The number of hydrogen-bond donors (Lipinski definition) is 1. The third-order valence-corrected chi connectivity index (χ3v) is 3.68. The highest BCUT2D eigenvalue weighted by Crippen LogP contribution is 2.24. The van der Waals surface area contributed by atoms with E-state index in [0.29, 0.717) is 18.5 Å². The van der Waals surface area contributed by atoms with E-state index in [4.69, 9.17) is 0 Å². The van der Waals surface area contributed by atoms with E-state index in [1.807, 2.05) is 38.1 Å². The number of nitrogens with zero attached hydrogens (tertiary/aromatic N) is 2. The number of rotatable bonds is 6. The monoisotopic (exact) mass is 289 g/mol. The lowest BCUT2D eigenvalue weighted by Gasteiger charge is -2.22. The smallest absolute Gasteiger partial charge is 0.253 e. The topological polar surface area (TPSA) is 52.6 Å². The van der Waals surface area contributed by atoms with Crippen LogP contribution in [0.1, 0.15) is 29.3 Å². The molecule has 1 aromatic rings. The Kier molecular flexibility index (Phi) is 4.96. The van der Waals surface area contributed by atoms with Crippen molar-refractivity contribution in [3.63, 3.8) is 0 Å². The summed E-state index contributed by atoms with van der Waals surface area (Å²) in [6, 6.07) is 5.47. The van der Waals surface area contributed by atoms with E-state index in [2.05, 4.69) is 10.2 Å². The summed E-state index contributed by atoms with van der Waals surface area (Å²) in [5, 5.41) is 2.79. The number of nitrogens with one attached hydrogen (secondary N) is 1. The number of carbonyl (C=O) groups excluding carboxylic acids is 2. The fraction of sp³-hybridized carbons (Fsp3) is 0.500. The van der Waals surface area contributed by atoms with Crippen LogP contribution in [0.15, 0.2) is 18.2 Å². The van der Waals surface area contributed by atoms with Gasteiger partial charge in [-0.15, -0.1) is 0 Å². The molecule has 21 heavy (non-hydrogen) atoms. The van der Waals surface area contributed by atoms with Crippen molar-refractivity contribution in [1.29, 1.82) is 0 Å². The molecule has 1 N–H and O–H groups in total. The summed E-state index contributed by atoms with van der Waals surface area (Å²) >= 11 is 0. The molecule has 5 nitrogen and oxygen atoms in total. The van der Waals surface area contributed by atoms with Gasteiger partial charge in [-0.2, -0.15) is 0 Å². The van der Waals surface area contributed by atoms with Gasteiger partial charge in [-0.1, -0.05) is 6.07 Å². The maximum absolute atomic E-state index is 12.5. The van der Waals surface area contributed by atoms with Crippen LogP contribution in [0, 0.1) is 0 Å². The first kappa shape index (κ1) is 15.5. The van der Waals surface area contributed by atoms with Crippen molar-refractivity contribution in [2.24, 2.45) is 0 Å². The molecule has 1 aromatic carbocycles. The minimum Gasteiger partial charge on any atom is -0.339 e. The summed E-state index contributed by atoms with van der Waals surface area (Å²) in [6.07, 6.45) is 1.36. The molecule has 0 bridgehead atoms. The van der Waals surface area contributed by atoms with Crippen LogP contribution < -0.4 is 5.32 Å². The Labute approximate surface area is 125 Å². The molecule has 0 spiro atoms. The van der Waals surface area contributed by atoms with Gasteiger partial charge in [0.1, 0.15) is 0 Å². The van der Waals surface area contributed by atoms with Crippen molar-refractivity contribution in [3.05, 3.63) is 29.3 Å². The van der Waals surface area contributed by atoms with Crippen molar-refractivity contribution in [3.8, 4) is 0 Å². The molecule has 0 aliphatic carbocycles. The fourth-order valence-electron chi connectivity index (χ4n) is 2.51. The van der Waals surface area contributed by atoms with Crippen LogP contribution in [0.25, 0.3) is 0 Å². The number of benzene rings is 1. The zero-order valence-corrected chi connectivity index (χ0v) is 13.0. The zero-order valence-electron chi connectivity index (χ0n) is 13.0. The molecule has 114 valence electrons. The molecule has 5 heteroatoms. The van der Waals surface area contributed by atoms with Crippen molar-refractivity contribution in [2.45, 2.75) is 19.8 Å². The average Bonchev–Trinajstić information content (AvgIpc) is 2.81. The highest BCUT2D eigenvalue weighted by Gasteiger charge is 2.20. The predicted octanol–water partition coefficient (Wildman–Crippen LogP) is 1.59. The summed E-state index contributed by atoms with van der Waals surface area (Å²) in [5.74, 6) is 0.0214. The van der Waals surface area contributed by atoms with E-state index < -0.39 is 0 Å². The number of anilines is 1. The third kappa shape index (κ3) is 3.82. The number of fused-ring (bicyclic) bond motifs is 1. The lowest BCUT2D eigenvalue weighted by Crippen LogP contribution is -2.33. The quantitative estimate of drug-likeness (QED) is 0.865. The molecule has 0 radical (unpaired) electrons. The van der Waals surface area contributed by atoms with Crippen molar-refractivity contribution < 1.29 is 9.59 Å². The minimum absolute atomic E-state index is 0.00655. The van der Waals surface area contributed by atoms with Crippen LogP contribution >= 0.6 is 0 Å². The first-order valence-corrected chi connectivity index (χ1v) is 7.38. The van der Waals surface area contributed by atoms with Gasteiger partial charge >= 0.3 is 0 Å². The van der Waals surface area contributed by atoms with E-state index in [9.17, 15) is 9.59 Å². The van der Waals surface area contributed by atoms with Crippen LogP contribution in [0.5, 0.6) is 0 Å². The number of amides is 2. The summed E-state index contributed by atoms with van der Waals surface area (Å²) in [4.78, 5) is 27.9. The Morgan fingerprint density at radius 2 is 2.05 bits per heavy atom. The van der Waals surface area contributed by atoms with Crippen LogP contribution in [0.2, 0.25) is 0 Å².